The standard InChI is InChI=1S/C16H16F2N2O5/c1-23-9-5-4-7(13(24-2)14(9)25-3)10-8(6-19)20-12(16(21)22)11(10)15(17)18/h4-6,15,19-20H,1-3H3,(H,21,22). The molecule has 2 aromatic rings. The molecule has 25 heavy (non-hydrogen) atoms. The second kappa shape index (κ2) is 7.20. The number of hydrogen-bond acceptors (Lipinski definition) is 5. The maximum atomic E-state index is 13.6. The van der Waals surface area contributed by atoms with E-state index in [4.69, 9.17) is 19.6 Å². The summed E-state index contributed by atoms with van der Waals surface area (Å²) in [5, 5.41) is 16.6. The molecule has 7 nitrogen and oxygen atoms in total. The average molecular weight is 354 g/mol. The Kier molecular flexibility index (Phi) is 5.26. The lowest BCUT2D eigenvalue weighted by Crippen LogP contribution is -2.03. The number of carboxylic acids is 1. The number of carbonyl (C=O) groups is 1. The minimum atomic E-state index is -3.08. The summed E-state index contributed by atoms with van der Waals surface area (Å²) in [5.74, 6) is -0.990. The van der Waals surface area contributed by atoms with Gasteiger partial charge >= 0.3 is 5.97 Å². The second-order valence-electron chi connectivity index (χ2n) is 4.83. The molecule has 0 saturated carbocycles. The largest absolute Gasteiger partial charge is 0.493 e. The number of methoxy groups -OCH3 is 3. The maximum absolute atomic E-state index is 13.6. The Labute approximate surface area is 141 Å². The SMILES string of the molecule is COc1ccc(-c2c(C=N)[nH]c(C(=O)O)c2C(F)F)c(OC)c1OC. The fourth-order valence-electron chi connectivity index (χ4n) is 2.62. The van der Waals surface area contributed by atoms with E-state index < -0.39 is 23.7 Å². The fourth-order valence-corrected chi connectivity index (χ4v) is 2.62. The predicted octanol–water partition coefficient (Wildman–Crippen LogP) is 3.34. The third kappa shape index (κ3) is 3.00. The first-order valence-corrected chi connectivity index (χ1v) is 6.98. The van der Waals surface area contributed by atoms with Gasteiger partial charge < -0.3 is 29.7 Å². The molecular formula is C16H16F2N2O5. The number of alkyl halides is 2. The van der Waals surface area contributed by atoms with Gasteiger partial charge in [-0.3, -0.25) is 0 Å². The van der Waals surface area contributed by atoms with Gasteiger partial charge in [0.05, 0.1) is 32.6 Å². The monoisotopic (exact) mass is 354 g/mol. The molecule has 1 aromatic heterocycles. The first-order valence-electron chi connectivity index (χ1n) is 6.98. The Morgan fingerprint density at radius 2 is 1.84 bits per heavy atom. The van der Waals surface area contributed by atoms with E-state index in [1.807, 2.05) is 0 Å². The number of H-pyrrole nitrogens is 1. The molecular weight excluding hydrogens is 338 g/mol. The molecule has 0 atom stereocenters. The van der Waals surface area contributed by atoms with Crippen LogP contribution in [0.2, 0.25) is 0 Å². The summed E-state index contributed by atoms with van der Waals surface area (Å²) in [6.07, 6.45) is -2.31. The maximum Gasteiger partial charge on any atom is 0.352 e. The highest BCUT2D eigenvalue weighted by atomic mass is 19.3. The van der Waals surface area contributed by atoms with Crippen LogP contribution in [0.4, 0.5) is 8.78 Å². The third-order valence-electron chi connectivity index (χ3n) is 3.62. The molecule has 0 unspecified atom stereocenters. The summed E-state index contributed by atoms with van der Waals surface area (Å²) in [5.41, 5.74) is -1.48. The van der Waals surface area contributed by atoms with Crippen LogP contribution in [0.5, 0.6) is 17.2 Å². The van der Waals surface area contributed by atoms with Crippen molar-refractivity contribution in [1.82, 2.24) is 4.98 Å². The molecule has 0 amide bonds. The highest BCUT2D eigenvalue weighted by Gasteiger charge is 2.31. The molecule has 134 valence electrons. The molecule has 0 bridgehead atoms. The van der Waals surface area contributed by atoms with Crippen molar-refractivity contribution in [3.63, 3.8) is 0 Å². The zero-order chi connectivity index (χ0) is 18.7. The lowest BCUT2D eigenvalue weighted by molar-refractivity contribution is 0.0679. The zero-order valence-electron chi connectivity index (χ0n) is 13.6. The van der Waals surface area contributed by atoms with E-state index in [0.29, 0.717) is 5.75 Å². The van der Waals surface area contributed by atoms with Crippen LogP contribution >= 0.6 is 0 Å². The van der Waals surface area contributed by atoms with E-state index >= 15 is 0 Å². The van der Waals surface area contributed by atoms with Crippen molar-refractivity contribution in [2.45, 2.75) is 6.43 Å². The quantitative estimate of drug-likeness (QED) is 0.662. The van der Waals surface area contributed by atoms with Crippen LogP contribution < -0.4 is 14.2 Å². The fraction of sp³-hybridized carbons (Fsp3) is 0.250. The number of ether oxygens (including phenoxy) is 3. The molecule has 0 aliphatic rings. The minimum Gasteiger partial charge on any atom is -0.493 e. The summed E-state index contributed by atoms with van der Waals surface area (Å²) < 4.78 is 42.8. The molecule has 3 N–H and O–H groups in total. The molecule has 2 rings (SSSR count). The van der Waals surface area contributed by atoms with Crippen LogP contribution in [0.25, 0.3) is 11.1 Å². The van der Waals surface area contributed by atoms with Crippen molar-refractivity contribution in [2.75, 3.05) is 21.3 Å². The molecule has 0 aliphatic carbocycles. The summed E-state index contributed by atoms with van der Waals surface area (Å²) in [6.45, 7) is 0. The summed E-state index contributed by atoms with van der Waals surface area (Å²) >= 11 is 0. The molecule has 0 fully saturated rings. The van der Waals surface area contributed by atoms with E-state index in [0.717, 1.165) is 6.21 Å². The number of hydrogen-bond donors (Lipinski definition) is 3. The Bertz CT molecular complexity index is 817. The van der Waals surface area contributed by atoms with E-state index in [-0.39, 0.29) is 28.3 Å². The first kappa shape index (κ1) is 18.2. The molecule has 9 heteroatoms. The van der Waals surface area contributed by atoms with Gasteiger partial charge in [-0.25, -0.2) is 13.6 Å². The van der Waals surface area contributed by atoms with Crippen LogP contribution in [0.15, 0.2) is 12.1 Å². The van der Waals surface area contributed by atoms with Gasteiger partial charge in [-0.1, -0.05) is 0 Å². The van der Waals surface area contributed by atoms with Crippen molar-refractivity contribution in [2.24, 2.45) is 0 Å². The van der Waals surface area contributed by atoms with Crippen molar-refractivity contribution in [1.29, 1.82) is 5.41 Å². The van der Waals surface area contributed by atoms with Gasteiger partial charge in [0.2, 0.25) is 5.75 Å². The van der Waals surface area contributed by atoms with Crippen molar-refractivity contribution < 1.29 is 32.9 Å². The predicted molar refractivity (Wildman–Crippen MR) is 85.7 cm³/mol. The van der Waals surface area contributed by atoms with Crippen LogP contribution in [-0.2, 0) is 0 Å². The van der Waals surface area contributed by atoms with E-state index in [9.17, 15) is 18.7 Å². The van der Waals surface area contributed by atoms with Gasteiger partial charge in [-0.15, -0.1) is 0 Å². The lowest BCUT2D eigenvalue weighted by atomic mass is 9.98. The number of halogens is 2. The van der Waals surface area contributed by atoms with Crippen molar-refractivity contribution >= 4 is 12.2 Å². The van der Waals surface area contributed by atoms with E-state index in [2.05, 4.69) is 4.98 Å². The number of aromatic nitrogens is 1. The van der Waals surface area contributed by atoms with Crippen LogP contribution in [0, 0.1) is 5.41 Å². The van der Waals surface area contributed by atoms with Crippen LogP contribution in [-0.4, -0.2) is 43.6 Å². The average Bonchev–Trinajstić information content (AvgIpc) is 3.00. The zero-order valence-corrected chi connectivity index (χ0v) is 13.6. The van der Waals surface area contributed by atoms with Gasteiger partial charge in [-0.05, 0) is 12.1 Å². The molecule has 0 radical (unpaired) electrons. The summed E-state index contributed by atoms with van der Waals surface area (Å²) in [4.78, 5) is 13.6. The van der Waals surface area contributed by atoms with Crippen LogP contribution in [0.1, 0.15) is 28.2 Å². The topological polar surface area (TPSA) is 105 Å². The Balaban J connectivity index is 2.91. The molecule has 0 spiro atoms. The normalized spacial score (nSPS) is 10.6. The van der Waals surface area contributed by atoms with Crippen LogP contribution in [0.3, 0.4) is 0 Å². The number of aromatic amines is 1. The van der Waals surface area contributed by atoms with Gasteiger partial charge in [0.1, 0.15) is 5.69 Å². The molecule has 0 saturated heterocycles. The van der Waals surface area contributed by atoms with Crippen molar-refractivity contribution in [3.8, 4) is 28.4 Å². The van der Waals surface area contributed by atoms with Gasteiger partial charge in [0.15, 0.2) is 11.5 Å². The first-order chi connectivity index (χ1) is 11.9. The number of aromatic carboxylic acids is 1. The smallest absolute Gasteiger partial charge is 0.352 e. The number of rotatable bonds is 7. The van der Waals surface area contributed by atoms with Gasteiger partial charge in [0.25, 0.3) is 6.43 Å². The van der Waals surface area contributed by atoms with Gasteiger partial charge in [0, 0.05) is 17.3 Å². The van der Waals surface area contributed by atoms with Crippen molar-refractivity contribution in [3.05, 3.63) is 29.1 Å². The third-order valence-corrected chi connectivity index (χ3v) is 3.62. The Hall–Kier alpha value is -3.10. The number of nitrogens with one attached hydrogen (secondary N) is 2. The Morgan fingerprint density at radius 3 is 2.28 bits per heavy atom. The lowest BCUT2D eigenvalue weighted by Gasteiger charge is -2.16. The molecule has 1 aromatic carbocycles. The van der Waals surface area contributed by atoms with E-state index in [1.165, 1.54) is 33.5 Å². The molecule has 0 aliphatic heterocycles. The van der Waals surface area contributed by atoms with E-state index in [1.54, 1.807) is 0 Å². The number of carboxylic acid groups (broad SMARTS) is 1. The Morgan fingerprint density at radius 1 is 1.20 bits per heavy atom. The summed E-state index contributed by atoms with van der Waals surface area (Å²) in [7, 11) is 4.08. The highest BCUT2D eigenvalue weighted by molar-refractivity contribution is 5.99. The highest BCUT2D eigenvalue weighted by Crippen LogP contribution is 2.47. The van der Waals surface area contributed by atoms with Gasteiger partial charge in [-0.2, -0.15) is 0 Å². The second-order valence-corrected chi connectivity index (χ2v) is 4.83. The summed E-state index contributed by atoms with van der Waals surface area (Å²) in [6, 6.07) is 2.92. The number of benzene rings is 1. The molecule has 1 heterocycles. The minimum absolute atomic E-state index is 0.0850.